The molecule has 0 bridgehead atoms. The summed E-state index contributed by atoms with van der Waals surface area (Å²) in [6, 6.07) is 9.34. The van der Waals surface area contributed by atoms with E-state index in [4.69, 9.17) is 5.26 Å². The number of thioether (sulfide) groups is 1. The highest BCUT2D eigenvalue weighted by molar-refractivity contribution is 7.99. The van der Waals surface area contributed by atoms with Crippen LogP contribution in [0.1, 0.15) is 23.2 Å². The van der Waals surface area contributed by atoms with E-state index < -0.39 is 0 Å². The molecule has 1 N–H and O–H groups in total. The van der Waals surface area contributed by atoms with E-state index in [9.17, 15) is 4.79 Å². The molecule has 0 saturated heterocycles. The van der Waals surface area contributed by atoms with Gasteiger partial charge in [-0.05, 0) is 37.6 Å². The Morgan fingerprint density at radius 3 is 2.82 bits per heavy atom. The van der Waals surface area contributed by atoms with Gasteiger partial charge in [0.05, 0.1) is 5.56 Å². The molecule has 2 aromatic heterocycles. The number of hydrogen-bond acceptors (Lipinski definition) is 5. The molecule has 0 spiro atoms. The van der Waals surface area contributed by atoms with Gasteiger partial charge in [-0.25, -0.2) is 9.97 Å². The van der Waals surface area contributed by atoms with Crippen molar-refractivity contribution in [3.63, 3.8) is 0 Å². The molecule has 1 amide bonds. The average Bonchev–Trinajstić information content (AvgIpc) is 2.50. The molecule has 0 aliphatic rings. The Kier molecular flexibility index (Phi) is 5.50. The van der Waals surface area contributed by atoms with Crippen LogP contribution < -0.4 is 5.32 Å². The molecule has 0 aromatic carbocycles. The van der Waals surface area contributed by atoms with E-state index in [1.165, 1.54) is 11.8 Å². The summed E-state index contributed by atoms with van der Waals surface area (Å²) in [5.74, 6) is 1.00. The van der Waals surface area contributed by atoms with Crippen molar-refractivity contribution in [3.05, 3.63) is 47.3 Å². The number of hydrogen-bond donors (Lipinski definition) is 1. The number of nitriles is 1. The summed E-state index contributed by atoms with van der Waals surface area (Å²) in [5.41, 5.74) is 2.44. The van der Waals surface area contributed by atoms with Crippen LogP contribution in [0.15, 0.2) is 35.5 Å². The fourth-order valence-corrected chi connectivity index (χ4v) is 2.67. The Labute approximate surface area is 133 Å². The number of carbonyl (C=O) groups is 1. The molecule has 6 heteroatoms. The lowest BCUT2D eigenvalue weighted by Crippen LogP contribution is -2.13. The molecule has 2 aromatic rings. The first-order chi connectivity index (χ1) is 10.6. The van der Waals surface area contributed by atoms with Crippen LogP contribution in [0.25, 0.3) is 0 Å². The first kappa shape index (κ1) is 16.0. The van der Waals surface area contributed by atoms with Crippen LogP contribution in [-0.2, 0) is 4.79 Å². The molecule has 22 heavy (non-hydrogen) atoms. The molecule has 112 valence electrons. The molecule has 0 radical (unpaired) electrons. The summed E-state index contributed by atoms with van der Waals surface area (Å²) in [4.78, 5) is 20.3. The van der Waals surface area contributed by atoms with E-state index in [2.05, 4.69) is 21.4 Å². The summed E-state index contributed by atoms with van der Waals surface area (Å²) in [6.45, 7) is 3.82. The SMILES string of the molecule is Cc1ccc(NC(=O)CCSc2nc(C)ccc2C#N)nc1. The van der Waals surface area contributed by atoms with Gasteiger partial charge in [0.15, 0.2) is 0 Å². The van der Waals surface area contributed by atoms with Gasteiger partial charge in [-0.2, -0.15) is 5.26 Å². The zero-order chi connectivity index (χ0) is 15.9. The minimum Gasteiger partial charge on any atom is -0.311 e. The van der Waals surface area contributed by atoms with Crippen LogP contribution in [0.5, 0.6) is 0 Å². The zero-order valence-electron chi connectivity index (χ0n) is 12.5. The second-order valence-electron chi connectivity index (χ2n) is 4.78. The van der Waals surface area contributed by atoms with Gasteiger partial charge in [-0.1, -0.05) is 6.07 Å². The molecular weight excluding hydrogens is 296 g/mol. The van der Waals surface area contributed by atoms with Gasteiger partial charge in [-0.15, -0.1) is 11.8 Å². The van der Waals surface area contributed by atoms with Gasteiger partial charge in [0.2, 0.25) is 5.91 Å². The Balaban J connectivity index is 1.86. The largest absolute Gasteiger partial charge is 0.311 e. The quantitative estimate of drug-likeness (QED) is 0.858. The Morgan fingerprint density at radius 1 is 1.32 bits per heavy atom. The summed E-state index contributed by atoms with van der Waals surface area (Å²) < 4.78 is 0. The predicted molar refractivity (Wildman–Crippen MR) is 86.6 cm³/mol. The normalized spacial score (nSPS) is 10.0. The number of pyridine rings is 2. The Hall–Kier alpha value is -2.39. The second-order valence-corrected chi connectivity index (χ2v) is 5.87. The van der Waals surface area contributed by atoms with Crippen molar-refractivity contribution >= 4 is 23.5 Å². The number of aryl methyl sites for hydroxylation is 2. The summed E-state index contributed by atoms with van der Waals surface area (Å²) in [6.07, 6.45) is 2.04. The number of anilines is 1. The van der Waals surface area contributed by atoms with Crippen LogP contribution in [0.4, 0.5) is 5.82 Å². The van der Waals surface area contributed by atoms with Crippen molar-refractivity contribution < 1.29 is 4.79 Å². The highest BCUT2D eigenvalue weighted by Crippen LogP contribution is 2.21. The third-order valence-electron chi connectivity index (χ3n) is 2.87. The highest BCUT2D eigenvalue weighted by Gasteiger charge is 2.08. The predicted octanol–water partition coefficient (Wildman–Crippen LogP) is 3.09. The van der Waals surface area contributed by atoms with Gasteiger partial charge < -0.3 is 5.32 Å². The lowest BCUT2D eigenvalue weighted by Gasteiger charge is -2.06. The van der Waals surface area contributed by atoms with Crippen LogP contribution in [0.3, 0.4) is 0 Å². The van der Waals surface area contributed by atoms with Crippen molar-refractivity contribution in [2.24, 2.45) is 0 Å². The topological polar surface area (TPSA) is 78.7 Å². The average molecular weight is 312 g/mol. The molecule has 2 rings (SSSR count). The molecule has 0 aliphatic carbocycles. The summed E-state index contributed by atoms with van der Waals surface area (Å²) >= 11 is 1.41. The molecule has 5 nitrogen and oxygen atoms in total. The van der Waals surface area contributed by atoms with Gasteiger partial charge in [0.25, 0.3) is 0 Å². The van der Waals surface area contributed by atoms with Gasteiger partial charge in [-0.3, -0.25) is 4.79 Å². The highest BCUT2D eigenvalue weighted by atomic mass is 32.2. The number of amides is 1. The van der Waals surface area contributed by atoms with E-state index in [-0.39, 0.29) is 5.91 Å². The van der Waals surface area contributed by atoms with Gasteiger partial charge >= 0.3 is 0 Å². The lowest BCUT2D eigenvalue weighted by atomic mass is 10.3. The molecule has 2 heterocycles. The number of rotatable bonds is 5. The Morgan fingerprint density at radius 2 is 2.14 bits per heavy atom. The fourth-order valence-electron chi connectivity index (χ4n) is 1.72. The van der Waals surface area contributed by atoms with Crippen LogP contribution >= 0.6 is 11.8 Å². The van der Waals surface area contributed by atoms with E-state index in [1.807, 2.05) is 19.9 Å². The molecular formula is C16H16N4OS. The lowest BCUT2D eigenvalue weighted by molar-refractivity contribution is -0.115. The van der Waals surface area contributed by atoms with Crippen molar-refractivity contribution in [3.8, 4) is 6.07 Å². The standard InChI is InChI=1S/C16H16N4OS/c1-11-3-6-14(18-10-11)20-15(21)7-8-22-16-13(9-17)5-4-12(2)19-16/h3-6,10H,7-8H2,1-2H3,(H,18,20,21). The number of nitrogens with one attached hydrogen (secondary N) is 1. The first-order valence-electron chi connectivity index (χ1n) is 6.81. The van der Waals surface area contributed by atoms with Crippen LogP contribution in [0.2, 0.25) is 0 Å². The molecule has 0 aliphatic heterocycles. The van der Waals surface area contributed by atoms with Crippen LogP contribution in [-0.4, -0.2) is 21.6 Å². The maximum Gasteiger partial charge on any atom is 0.226 e. The van der Waals surface area contributed by atoms with Crippen molar-refractivity contribution in [2.45, 2.75) is 25.3 Å². The molecule has 0 unspecified atom stereocenters. The molecule has 0 saturated carbocycles. The maximum atomic E-state index is 11.9. The molecule has 0 fully saturated rings. The minimum absolute atomic E-state index is 0.102. The third-order valence-corrected chi connectivity index (χ3v) is 3.86. The van der Waals surface area contributed by atoms with E-state index in [0.29, 0.717) is 28.6 Å². The Bertz CT molecular complexity index is 707. The smallest absolute Gasteiger partial charge is 0.226 e. The second kappa shape index (κ2) is 7.57. The van der Waals surface area contributed by atoms with Crippen molar-refractivity contribution in [1.82, 2.24) is 9.97 Å². The van der Waals surface area contributed by atoms with E-state index in [1.54, 1.807) is 24.4 Å². The third kappa shape index (κ3) is 4.57. The van der Waals surface area contributed by atoms with Gasteiger partial charge in [0.1, 0.15) is 16.9 Å². The zero-order valence-corrected chi connectivity index (χ0v) is 13.3. The van der Waals surface area contributed by atoms with Gasteiger partial charge in [0, 0.05) is 24.1 Å². The van der Waals surface area contributed by atoms with Crippen molar-refractivity contribution in [1.29, 1.82) is 5.26 Å². The maximum absolute atomic E-state index is 11.9. The van der Waals surface area contributed by atoms with Crippen molar-refractivity contribution in [2.75, 3.05) is 11.1 Å². The van der Waals surface area contributed by atoms with Crippen LogP contribution in [0, 0.1) is 25.2 Å². The fraction of sp³-hybridized carbons (Fsp3) is 0.250. The minimum atomic E-state index is -0.102. The van der Waals surface area contributed by atoms with E-state index >= 15 is 0 Å². The number of carbonyl (C=O) groups excluding carboxylic acids is 1. The number of aromatic nitrogens is 2. The van der Waals surface area contributed by atoms with E-state index in [0.717, 1.165) is 11.3 Å². The summed E-state index contributed by atoms with van der Waals surface area (Å²) in [5, 5.41) is 12.5. The first-order valence-corrected chi connectivity index (χ1v) is 7.80. The monoisotopic (exact) mass is 312 g/mol. The molecule has 0 atom stereocenters. The number of nitrogens with zero attached hydrogens (tertiary/aromatic N) is 3. The summed E-state index contributed by atoms with van der Waals surface area (Å²) in [7, 11) is 0.